The Labute approximate surface area is 253 Å². The Kier molecular flexibility index (Phi) is 8.83. The molecule has 1 saturated heterocycles. The second-order valence-corrected chi connectivity index (χ2v) is 9.65. The average Bonchev–Trinajstić information content (AvgIpc) is 3.02. The van der Waals surface area contributed by atoms with Crippen LogP contribution in [0.5, 0.6) is 23.0 Å². The van der Waals surface area contributed by atoms with Crippen molar-refractivity contribution >= 4 is 40.1 Å². The van der Waals surface area contributed by atoms with Crippen LogP contribution in [0.1, 0.15) is 0 Å². The van der Waals surface area contributed by atoms with Gasteiger partial charge >= 0.3 is 6.03 Å². The highest BCUT2D eigenvalue weighted by atomic mass is 19.3. The van der Waals surface area contributed by atoms with Gasteiger partial charge in [-0.1, -0.05) is 0 Å². The molecule has 10 nitrogen and oxygen atoms in total. The number of pyridine rings is 1. The normalized spacial score (nSPS) is 14.8. The number of urea groups is 1. The molecule has 3 aromatic carbocycles. The number of halogens is 4. The summed E-state index contributed by atoms with van der Waals surface area (Å²) in [6.07, 6.45) is -0.137. The van der Waals surface area contributed by atoms with E-state index in [0.29, 0.717) is 33.4 Å². The summed E-state index contributed by atoms with van der Waals surface area (Å²) in [6.45, 7) is -1.13. The number of aromatic nitrogens is 1. The Bertz CT molecular complexity index is 1810. The lowest BCUT2D eigenvalue weighted by molar-refractivity contribution is -0.132. The van der Waals surface area contributed by atoms with Gasteiger partial charge in [-0.05, 0) is 48.5 Å². The van der Waals surface area contributed by atoms with Crippen molar-refractivity contribution in [1.29, 1.82) is 0 Å². The fraction of sp³-hybridized carbons (Fsp3) is 0.161. The molecule has 1 unspecified atom stereocenters. The van der Waals surface area contributed by atoms with Gasteiger partial charge in [0.25, 0.3) is 6.08 Å². The minimum Gasteiger partial charge on any atom is -0.493 e. The Morgan fingerprint density at radius 3 is 2.33 bits per heavy atom. The number of nitrogens with one attached hydrogen (secondary N) is 1. The maximum atomic E-state index is 15.2. The van der Waals surface area contributed by atoms with Gasteiger partial charge in [-0.2, -0.15) is 8.78 Å². The topological polar surface area (TPSA) is 110 Å². The first-order valence-electron chi connectivity index (χ1n) is 13.3. The number of carbonyl (C=O) groups is 3. The molecule has 0 saturated carbocycles. The van der Waals surface area contributed by atoms with Crippen molar-refractivity contribution in [3.8, 4) is 23.0 Å². The standard InChI is InChI=1S/C31H24F4N4O6/c1-43-26-14-20-23(15-27(26)44-2)36-11-9-24(20)45-25-8-5-18(13-22(25)33)37-29(40)21-16-38(12-10-28(34)35)31(42)39(30(21)41)19-6-3-17(32)4-7-19/h3-11,13-15,21H,12,16H2,1-2H3,(H,37,40). The number of hydrogen-bond donors (Lipinski definition) is 1. The zero-order valence-corrected chi connectivity index (χ0v) is 23.7. The Morgan fingerprint density at radius 1 is 0.956 bits per heavy atom. The number of amides is 4. The van der Waals surface area contributed by atoms with Gasteiger partial charge in [-0.25, -0.2) is 18.5 Å². The van der Waals surface area contributed by atoms with E-state index in [1.54, 1.807) is 12.1 Å². The van der Waals surface area contributed by atoms with Crippen molar-refractivity contribution in [3.05, 3.63) is 90.7 Å². The van der Waals surface area contributed by atoms with E-state index in [4.69, 9.17) is 14.2 Å². The van der Waals surface area contributed by atoms with Gasteiger partial charge in [0.1, 0.15) is 17.5 Å². The molecule has 4 amide bonds. The number of nitrogens with zero attached hydrogens (tertiary/aromatic N) is 3. The van der Waals surface area contributed by atoms with Crippen LogP contribution in [0.2, 0.25) is 0 Å². The molecule has 1 aromatic heterocycles. The van der Waals surface area contributed by atoms with Crippen LogP contribution in [0.4, 0.5) is 33.7 Å². The van der Waals surface area contributed by atoms with Gasteiger partial charge in [0.05, 0.1) is 25.4 Å². The minimum atomic E-state index is -2.06. The number of imide groups is 1. The van der Waals surface area contributed by atoms with Crippen molar-refractivity contribution < 1.29 is 46.2 Å². The average molecular weight is 625 g/mol. The largest absolute Gasteiger partial charge is 0.493 e. The molecule has 0 bridgehead atoms. The maximum Gasteiger partial charge on any atom is 0.331 e. The molecular weight excluding hydrogens is 600 g/mol. The molecule has 1 atom stereocenters. The van der Waals surface area contributed by atoms with Crippen LogP contribution in [-0.4, -0.2) is 55.0 Å². The van der Waals surface area contributed by atoms with Gasteiger partial charge in [0.2, 0.25) is 11.8 Å². The molecule has 1 aliphatic rings. The zero-order chi connectivity index (χ0) is 32.2. The molecule has 5 rings (SSSR count). The van der Waals surface area contributed by atoms with Crippen molar-refractivity contribution in [2.24, 2.45) is 5.92 Å². The number of anilines is 2. The van der Waals surface area contributed by atoms with Crippen LogP contribution in [-0.2, 0) is 9.59 Å². The second-order valence-electron chi connectivity index (χ2n) is 9.65. The predicted octanol–water partition coefficient (Wildman–Crippen LogP) is 6.13. The van der Waals surface area contributed by atoms with Crippen LogP contribution in [0, 0.1) is 17.6 Å². The summed E-state index contributed by atoms with van der Waals surface area (Å²) >= 11 is 0. The van der Waals surface area contributed by atoms with Crippen molar-refractivity contribution in [2.75, 3.05) is 37.5 Å². The maximum absolute atomic E-state index is 15.2. The Balaban J connectivity index is 1.37. The third-order valence-corrected chi connectivity index (χ3v) is 6.88. The van der Waals surface area contributed by atoms with E-state index in [-0.39, 0.29) is 22.9 Å². The molecule has 14 heteroatoms. The first kappa shape index (κ1) is 30.8. The molecule has 1 aliphatic heterocycles. The van der Waals surface area contributed by atoms with Crippen LogP contribution < -0.4 is 24.4 Å². The summed E-state index contributed by atoms with van der Waals surface area (Å²) in [6, 6.07) is 11.7. The summed E-state index contributed by atoms with van der Waals surface area (Å²) in [4.78, 5) is 45.3. The number of fused-ring (bicyclic) bond motifs is 1. The van der Waals surface area contributed by atoms with E-state index in [2.05, 4.69) is 10.3 Å². The molecule has 0 spiro atoms. The van der Waals surface area contributed by atoms with Crippen LogP contribution in [0.15, 0.2) is 79.0 Å². The molecular formula is C31H24F4N4O6. The lowest BCUT2D eigenvalue weighted by Crippen LogP contribution is -2.59. The molecule has 45 heavy (non-hydrogen) atoms. The van der Waals surface area contributed by atoms with E-state index < -0.39 is 54.6 Å². The van der Waals surface area contributed by atoms with Gasteiger partial charge in [-0.3, -0.25) is 14.6 Å². The Morgan fingerprint density at radius 2 is 1.67 bits per heavy atom. The molecule has 0 aliphatic carbocycles. The number of benzene rings is 3. The lowest BCUT2D eigenvalue weighted by atomic mass is 10.0. The smallest absolute Gasteiger partial charge is 0.331 e. The molecule has 1 N–H and O–H groups in total. The van der Waals surface area contributed by atoms with Gasteiger partial charge in [0.15, 0.2) is 23.1 Å². The summed E-state index contributed by atoms with van der Waals surface area (Å²) in [7, 11) is 2.94. The number of carbonyl (C=O) groups excluding carboxylic acids is 3. The quantitative estimate of drug-likeness (QED) is 0.176. The number of rotatable bonds is 9. The molecule has 232 valence electrons. The van der Waals surface area contributed by atoms with Crippen molar-refractivity contribution in [1.82, 2.24) is 9.88 Å². The zero-order valence-electron chi connectivity index (χ0n) is 23.7. The van der Waals surface area contributed by atoms with Gasteiger partial charge < -0.3 is 24.4 Å². The van der Waals surface area contributed by atoms with Crippen LogP contribution >= 0.6 is 0 Å². The van der Waals surface area contributed by atoms with Crippen molar-refractivity contribution in [3.63, 3.8) is 0 Å². The van der Waals surface area contributed by atoms with E-state index in [0.717, 1.165) is 35.2 Å². The number of methoxy groups -OCH3 is 2. The SMILES string of the molecule is COc1cc2nccc(Oc3ccc(NC(=O)C4CN(CC=C(F)F)C(=O)N(c5ccc(F)cc5)C4=O)cc3F)c2cc1OC. The Hall–Kier alpha value is -5.66. The van der Waals surface area contributed by atoms with E-state index >= 15 is 4.39 Å². The second kappa shape index (κ2) is 12.9. The third kappa shape index (κ3) is 6.49. The summed E-state index contributed by atoms with van der Waals surface area (Å²) in [5, 5.41) is 2.94. The molecule has 2 heterocycles. The first-order chi connectivity index (χ1) is 21.6. The number of hydrogen-bond acceptors (Lipinski definition) is 7. The number of ether oxygens (including phenoxy) is 3. The highest BCUT2D eigenvalue weighted by Gasteiger charge is 2.43. The summed E-state index contributed by atoms with van der Waals surface area (Å²) in [5.74, 6) is -4.04. The van der Waals surface area contributed by atoms with E-state index in [9.17, 15) is 27.6 Å². The fourth-order valence-corrected chi connectivity index (χ4v) is 4.67. The molecule has 4 aromatic rings. The predicted molar refractivity (Wildman–Crippen MR) is 155 cm³/mol. The highest BCUT2D eigenvalue weighted by molar-refractivity contribution is 6.23. The van der Waals surface area contributed by atoms with Gasteiger partial charge in [0, 0.05) is 48.6 Å². The minimum absolute atomic E-state index is 0.0462. The van der Waals surface area contributed by atoms with E-state index in [1.165, 1.54) is 38.6 Å². The van der Waals surface area contributed by atoms with Crippen LogP contribution in [0.25, 0.3) is 10.9 Å². The summed E-state index contributed by atoms with van der Waals surface area (Å²) < 4.78 is 70.8. The van der Waals surface area contributed by atoms with Crippen LogP contribution in [0.3, 0.4) is 0 Å². The fourth-order valence-electron chi connectivity index (χ4n) is 4.67. The van der Waals surface area contributed by atoms with Crippen molar-refractivity contribution in [2.45, 2.75) is 0 Å². The first-order valence-corrected chi connectivity index (χ1v) is 13.3. The third-order valence-electron chi connectivity index (χ3n) is 6.88. The molecule has 1 fully saturated rings. The molecule has 0 radical (unpaired) electrons. The van der Waals surface area contributed by atoms with Gasteiger partial charge in [-0.15, -0.1) is 0 Å². The lowest BCUT2D eigenvalue weighted by Gasteiger charge is -2.37. The highest BCUT2D eigenvalue weighted by Crippen LogP contribution is 2.37. The monoisotopic (exact) mass is 624 g/mol. The summed E-state index contributed by atoms with van der Waals surface area (Å²) in [5.41, 5.74) is 0.388. The van der Waals surface area contributed by atoms with E-state index in [1.807, 2.05) is 0 Å².